The second kappa shape index (κ2) is 9.67. The molecule has 0 spiro atoms. The van der Waals surface area contributed by atoms with Crippen molar-refractivity contribution in [1.29, 1.82) is 0 Å². The molecule has 0 atom stereocenters. The molecule has 2 aromatic rings. The van der Waals surface area contributed by atoms with Crippen molar-refractivity contribution in [3.05, 3.63) is 52.7 Å². The highest BCUT2D eigenvalue weighted by Crippen LogP contribution is 2.35. The Hall–Kier alpha value is -2.31. The number of amides is 1. The molecule has 6 heteroatoms. The van der Waals surface area contributed by atoms with Crippen LogP contribution in [0.15, 0.2) is 35.8 Å². The van der Waals surface area contributed by atoms with E-state index in [0.717, 1.165) is 35.5 Å². The van der Waals surface area contributed by atoms with Gasteiger partial charge < -0.3 is 9.64 Å². The number of allylic oxidation sites excluding steroid dienone is 1. The summed E-state index contributed by atoms with van der Waals surface area (Å²) in [5.74, 6) is -0.0529. The van der Waals surface area contributed by atoms with Gasteiger partial charge >= 0.3 is 0 Å². The molecular formula is C24H31N3O2S. The number of aliphatic imine (C=N–C) groups is 1. The topological polar surface area (TPSA) is 54.8 Å². The SMILES string of the molecule is C=C(CCCc1ccccc1C)c1nc(C(=O)N2CCOC(C)(C)C2)sc1N=CC. The minimum atomic E-state index is -0.336. The lowest BCUT2D eigenvalue weighted by molar-refractivity contribution is -0.0764. The van der Waals surface area contributed by atoms with Crippen molar-refractivity contribution in [1.82, 2.24) is 9.88 Å². The number of aryl methyl sites for hydroxylation is 2. The molecule has 3 rings (SSSR count). The Kier molecular flexibility index (Phi) is 7.21. The van der Waals surface area contributed by atoms with Gasteiger partial charge in [0.1, 0.15) is 10.7 Å². The Balaban J connectivity index is 1.71. The summed E-state index contributed by atoms with van der Waals surface area (Å²) in [6.07, 6.45) is 4.54. The Bertz CT molecular complexity index is 946. The predicted octanol–water partition coefficient (Wildman–Crippen LogP) is 5.46. The largest absolute Gasteiger partial charge is 0.372 e. The summed E-state index contributed by atoms with van der Waals surface area (Å²) in [5.41, 5.74) is 4.02. The first-order chi connectivity index (χ1) is 14.3. The van der Waals surface area contributed by atoms with Gasteiger partial charge in [0.2, 0.25) is 0 Å². The molecule has 0 aliphatic carbocycles. The Morgan fingerprint density at radius 2 is 2.17 bits per heavy atom. The van der Waals surface area contributed by atoms with Crippen molar-refractivity contribution in [2.75, 3.05) is 19.7 Å². The first-order valence-corrected chi connectivity index (χ1v) is 11.3. The molecule has 160 valence electrons. The van der Waals surface area contributed by atoms with Crippen LogP contribution in [0.25, 0.3) is 5.57 Å². The van der Waals surface area contributed by atoms with E-state index in [4.69, 9.17) is 4.74 Å². The second-order valence-corrected chi connectivity index (χ2v) is 9.26. The maximum atomic E-state index is 13.1. The first-order valence-electron chi connectivity index (χ1n) is 10.5. The van der Waals surface area contributed by atoms with Crippen LogP contribution in [-0.2, 0) is 11.2 Å². The van der Waals surface area contributed by atoms with Crippen molar-refractivity contribution < 1.29 is 9.53 Å². The number of rotatable bonds is 7. The summed E-state index contributed by atoms with van der Waals surface area (Å²) in [6, 6.07) is 8.46. The van der Waals surface area contributed by atoms with Crippen molar-refractivity contribution in [3.63, 3.8) is 0 Å². The van der Waals surface area contributed by atoms with Gasteiger partial charge in [0.25, 0.3) is 5.91 Å². The summed E-state index contributed by atoms with van der Waals surface area (Å²) in [7, 11) is 0. The molecule has 1 amide bonds. The zero-order valence-corrected chi connectivity index (χ0v) is 19.2. The maximum absolute atomic E-state index is 13.1. The van der Waals surface area contributed by atoms with E-state index in [1.54, 1.807) is 6.21 Å². The Labute approximate surface area is 183 Å². The molecule has 1 aliphatic heterocycles. The summed E-state index contributed by atoms with van der Waals surface area (Å²) in [5, 5.41) is 1.23. The Morgan fingerprint density at radius 3 is 2.87 bits per heavy atom. The molecular weight excluding hydrogens is 394 g/mol. The van der Waals surface area contributed by atoms with Gasteiger partial charge in [-0.1, -0.05) is 42.2 Å². The zero-order chi connectivity index (χ0) is 21.7. The molecule has 30 heavy (non-hydrogen) atoms. The number of nitrogens with zero attached hydrogens (tertiary/aromatic N) is 3. The van der Waals surface area contributed by atoms with Crippen molar-refractivity contribution in [2.24, 2.45) is 4.99 Å². The van der Waals surface area contributed by atoms with E-state index < -0.39 is 0 Å². The quantitative estimate of drug-likeness (QED) is 0.554. The van der Waals surface area contributed by atoms with Crippen molar-refractivity contribution >= 4 is 34.0 Å². The van der Waals surface area contributed by atoms with E-state index in [2.05, 4.69) is 47.7 Å². The fourth-order valence-electron chi connectivity index (χ4n) is 3.66. The van der Waals surface area contributed by atoms with Crippen LogP contribution in [0, 0.1) is 6.92 Å². The van der Waals surface area contributed by atoms with Gasteiger partial charge in [-0.05, 0) is 63.7 Å². The van der Waals surface area contributed by atoms with Gasteiger partial charge in [-0.25, -0.2) is 9.98 Å². The number of morpholine rings is 1. The fraction of sp³-hybridized carbons (Fsp3) is 0.458. The van der Waals surface area contributed by atoms with Crippen LogP contribution >= 0.6 is 11.3 Å². The Morgan fingerprint density at radius 1 is 1.40 bits per heavy atom. The normalized spacial score (nSPS) is 16.2. The van der Waals surface area contributed by atoms with Crippen LogP contribution in [0.3, 0.4) is 0 Å². The average molecular weight is 426 g/mol. The summed E-state index contributed by atoms with van der Waals surface area (Å²) in [6.45, 7) is 14.0. The highest BCUT2D eigenvalue weighted by molar-refractivity contribution is 7.17. The molecule has 1 aromatic heterocycles. The lowest BCUT2D eigenvalue weighted by atomic mass is 10.0. The van der Waals surface area contributed by atoms with Gasteiger partial charge in [-0.15, -0.1) is 0 Å². The van der Waals surface area contributed by atoms with Gasteiger partial charge in [0.05, 0.1) is 12.2 Å². The van der Waals surface area contributed by atoms with Gasteiger partial charge in [0.15, 0.2) is 5.01 Å². The zero-order valence-electron chi connectivity index (χ0n) is 18.4. The fourth-order valence-corrected chi connectivity index (χ4v) is 4.65. The van der Waals surface area contributed by atoms with E-state index in [0.29, 0.717) is 24.7 Å². The smallest absolute Gasteiger partial charge is 0.283 e. The van der Waals surface area contributed by atoms with E-state index in [-0.39, 0.29) is 11.5 Å². The summed E-state index contributed by atoms with van der Waals surface area (Å²) >= 11 is 1.34. The molecule has 0 bridgehead atoms. The number of hydrogen-bond donors (Lipinski definition) is 0. The summed E-state index contributed by atoms with van der Waals surface area (Å²) < 4.78 is 5.73. The van der Waals surface area contributed by atoms with Crippen LogP contribution in [0.5, 0.6) is 0 Å². The van der Waals surface area contributed by atoms with E-state index in [1.807, 2.05) is 25.7 Å². The molecule has 1 aliphatic rings. The monoisotopic (exact) mass is 425 g/mol. The molecule has 0 unspecified atom stereocenters. The first kappa shape index (κ1) is 22.4. The minimum absolute atomic E-state index is 0.0529. The van der Waals surface area contributed by atoms with Crippen LogP contribution in [-0.4, -0.2) is 47.3 Å². The van der Waals surface area contributed by atoms with Crippen LogP contribution in [0.4, 0.5) is 5.00 Å². The highest BCUT2D eigenvalue weighted by Gasteiger charge is 2.32. The van der Waals surface area contributed by atoms with Gasteiger partial charge in [-0.3, -0.25) is 4.79 Å². The van der Waals surface area contributed by atoms with E-state index in [9.17, 15) is 4.79 Å². The molecule has 0 radical (unpaired) electrons. The van der Waals surface area contributed by atoms with E-state index >= 15 is 0 Å². The average Bonchev–Trinajstić information content (AvgIpc) is 3.12. The third-order valence-corrected chi connectivity index (χ3v) is 6.22. The number of hydrogen-bond acceptors (Lipinski definition) is 5. The highest BCUT2D eigenvalue weighted by atomic mass is 32.1. The third-order valence-electron chi connectivity index (χ3n) is 5.27. The number of aromatic nitrogens is 1. The predicted molar refractivity (Wildman–Crippen MR) is 125 cm³/mol. The second-order valence-electron chi connectivity index (χ2n) is 8.28. The molecule has 1 aromatic carbocycles. The summed E-state index contributed by atoms with van der Waals surface area (Å²) in [4.78, 5) is 24.0. The van der Waals surface area contributed by atoms with Gasteiger partial charge in [0, 0.05) is 19.3 Å². The van der Waals surface area contributed by atoms with Crippen molar-refractivity contribution in [2.45, 2.75) is 52.6 Å². The van der Waals surface area contributed by atoms with E-state index in [1.165, 1.54) is 22.5 Å². The molecule has 1 saturated heterocycles. The third kappa shape index (κ3) is 5.43. The number of ether oxygens (including phenoxy) is 1. The molecule has 0 N–H and O–H groups in total. The molecule has 5 nitrogen and oxygen atoms in total. The molecule has 1 fully saturated rings. The molecule has 0 saturated carbocycles. The van der Waals surface area contributed by atoms with Crippen LogP contribution in [0.1, 0.15) is 60.2 Å². The number of carbonyl (C=O) groups is 1. The number of carbonyl (C=O) groups excluding carboxylic acids is 1. The lowest BCUT2D eigenvalue weighted by Crippen LogP contribution is -2.50. The minimum Gasteiger partial charge on any atom is -0.372 e. The van der Waals surface area contributed by atoms with Crippen molar-refractivity contribution in [3.8, 4) is 0 Å². The maximum Gasteiger partial charge on any atom is 0.283 e. The lowest BCUT2D eigenvalue weighted by Gasteiger charge is -2.37. The molecule has 2 heterocycles. The van der Waals surface area contributed by atoms with Crippen LogP contribution in [0.2, 0.25) is 0 Å². The number of benzene rings is 1. The standard InChI is InChI=1S/C24H31N3O2S/c1-6-25-21-20(18(3)11-9-13-19-12-8-7-10-17(19)2)26-22(30-21)23(28)27-14-15-29-24(4,5)16-27/h6-8,10,12H,3,9,11,13-16H2,1-2,4-5H3. The van der Waals surface area contributed by atoms with Crippen LogP contribution < -0.4 is 0 Å². The van der Waals surface area contributed by atoms with Gasteiger partial charge in [-0.2, -0.15) is 0 Å². The number of thiazole rings is 1.